The van der Waals surface area contributed by atoms with Crippen LogP contribution in [0.2, 0.25) is 0 Å². The molecular formula is C26H22F9NO4. The summed E-state index contributed by atoms with van der Waals surface area (Å²) in [6.45, 7) is 2.95. The Hall–Kier alpha value is -3.71. The maximum absolute atomic E-state index is 13.7. The van der Waals surface area contributed by atoms with Crippen molar-refractivity contribution in [3.63, 3.8) is 0 Å². The Morgan fingerprint density at radius 2 is 1.40 bits per heavy atom. The largest absolute Gasteiger partial charge is 0.468 e. The molecule has 0 bridgehead atoms. The molecule has 2 aromatic carbocycles. The van der Waals surface area contributed by atoms with Gasteiger partial charge in [0.05, 0.1) is 42.1 Å². The van der Waals surface area contributed by atoms with Crippen molar-refractivity contribution < 1.29 is 58.6 Å². The molecule has 2 atom stereocenters. The molecule has 0 N–H and O–H groups in total. The number of hydrogen-bond acceptors (Lipinski definition) is 4. The SMILES string of the molecule is CCOC(=O)N1c2ccc(C(F)(F)F)cc2C([C@@H](C(=O)OC)c2cc(C(F)(F)F)cc(C(F)(F)F)c2)=C[C@@H]1CC. The molecule has 218 valence electrons. The number of alkyl halides is 9. The number of amides is 1. The summed E-state index contributed by atoms with van der Waals surface area (Å²) >= 11 is 0. The zero-order valence-electron chi connectivity index (χ0n) is 21.1. The highest BCUT2D eigenvalue weighted by atomic mass is 19.4. The third-order valence-electron chi connectivity index (χ3n) is 6.17. The lowest BCUT2D eigenvalue weighted by Crippen LogP contribution is -2.42. The Morgan fingerprint density at radius 1 is 0.850 bits per heavy atom. The highest BCUT2D eigenvalue weighted by Gasteiger charge is 2.42. The Bertz CT molecular complexity index is 1280. The van der Waals surface area contributed by atoms with E-state index < -0.39 is 70.4 Å². The highest BCUT2D eigenvalue weighted by Crippen LogP contribution is 2.47. The number of nitrogens with zero attached hydrogens (tertiary/aromatic N) is 1. The van der Waals surface area contributed by atoms with Gasteiger partial charge in [0.15, 0.2) is 0 Å². The topological polar surface area (TPSA) is 55.8 Å². The van der Waals surface area contributed by atoms with Gasteiger partial charge in [0.25, 0.3) is 0 Å². The maximum Gasteiger partial charge on any atom is 0.416 e. The minimum Gasteiger partial charge on any atom is -0.468 e. The fourth-order valence-electron chi connectivity index (χ4n) is 4.39. The summed E-state index contributed by atoms with van der Waals surface area (Å²) in [4.78, 5) is 26.8. The minimum atomic E-state index is -5.26. The van der Waals surface area contributed by atoms with E-state index in [-0.39, 0.29) is 30.4 Å². The van der Waals surface area contributed by atoms with Crippen LogP contribution in [0.5, 0.6) is 0 Å². The quantitative estimate of drug-likeness (QED) is 0.266. The van der Waals surface area contributed by atoms with E-state index in [1.54, 1.807) is 6.92 Å². The van der Waals surface area contributed by atoms with E-state index in [1.807, 2.05) is 0 Å². The van der Waals surface area contributed by atoms with Crippen LogP contribution in [0.15, 0.2) is 42.5 Å². The average molecular weight is 583 g/mol. The predicted molar refractivity (Wildman–Crippen MR) is 124 cm³/mol. The molecule has 1 heterocycles. The Labute approximate surface area is 222 Å². The minimum absolute atomic E-state index is 0.0903. The number of fused-ring (bicyclic) bond motifs is 1. The standard InChI is InChI=1S/C26H22F9NO4/c1-4-17-12-19(18-11-14(24(27,28)29)6-7-20(18)36(17)23(38)40-5-2)21(22(37)39-3)13-8-15(25(30,31)32)10-16(9-13)26(33,34)35/h6-12,17,21H,4-5H2,1-3H3/t17-,21-/m0/s1. The number of carbonyl (C=O) groups is 2. The van der Waals surface area contributed by atoms with E-state index >= 15 is 0 Å². The van der Waals surface area contributed by atoms with Crippen molar-refractivity contribution in [2.24, 2.45) is 0 Å². The van der Waals surface area contributed by atoms with Gasteiger partial charge in [-0.25, -0.2) is 4.79 Å². The molecule has 0 aromatic heterocycles. The summed E-state index contributed by atoms with van der Waals surface area (Å²) in [5.41, 5.74) is -6.49. The van der Waals surface area contributed by atoms with Gasteiger partial charge in [-0.1, -0.05) is 13.0 Å². The van der Waals surface area contributed by atoms with Crippen LogP contribution < -0.4 is 4.90 Å². The number of hydrogen-bond donors (Lipinski definition) is 0. The van der Waals surface area contributed by atoms with Gasteiger partial charge in [-0.2, -0.15) is 39.5 Å². The summed E-state index contributed by atoms with van der Waals surface area (Å²) in [5.74, 6) is -3.35. The normalized spacial score (nSPS) is 16.6. The summed E-state index contributed by atoms with van der Waals surface area (Å²) in [6.07, 6.45) is -15.2. The van der Waals surface area contributed by atoms with E-state index in [9.17, 15) is 49.1 Å². The molecule has 0 aliphatic carbocycles. The number of methoxy groups -OCH3 is 1. The lowest BCUT2D eigenvalue weighted by Gasteiger charge is -2.37. The van der Waals surface area contributed by atoms with Crippen molar-refractivity contribution in [1.29, 1.82) is 0 Å². The second-order valence-corrected chi connectivity index (χ2v) is 8.69. The first kappa shape index (κ1) is 30.8. The molecule has 0 saturated carbocycles. The van der Waals surface area contributed by atoms with Gasteiger partial charge in [-0.3, -0.25) is 9.69 Å². The number of halogens is 9. The Balaban J connectivity index is 2.40. The molecule has 5 nitrogen and oxygen atoms in total. The first-order valence-electron chi connectivity index (χ1n) is 11.7. The number of carbonyl (C=O) groups excluding carboxylic acids is 2. The first-order chi connectivity index (χ1) is 18.4. The van der Waals surface area contributed by atoms with Crippen molar-refractivity contribution in [1.82, 2.24) is 0 Å². The molecule has 2 aromatic rings. The molecule has 14 heteroatoms. The van der Waals surface area contributed by atoms with Crippen LogP contribution in [-0.4, -0.2) is 31.8 Å². The van der Waals surface area contributed by atoms with E-state index in [1.165, 1.54) is 6.92 Å². The van der Waals surface area contributed by atoms with E-state index in [4.69, 9.17) is 9.47 Å². The van der Waals surface area contributed by atoms with E-state index in [0.29, 0.717) is 24.3 Å². The monoisotopic (exact) mass is 583 g/mol. The van der Waals surface area contributed by atoms with Crippen molar-refractivity contribution in [2.75, 3.05) is 18.6 Å². The predicted octanol–water partition coefficient (Wildman–Crippen LogP) is 7.84. The molecule has 0 saturated heterocycles. The van der Waals surface area contributed by atoms with Crippen LogP contribution in [0, 0.1) is 0 Å². The molecule has 1 aliphatic rings. The summed E-state index contributed by atoms with van der Waals surface area (Å²) in [7, 11) is 0.826. The average Bonchev–Trinajstić information content (AvgIpc) is 2.86. The zero-order chi connectivity index (χ0) is 30.2. The first-order valence-corrected chi connectivity index (χ1v) is 11.7. The van der Waals surface area contributed by atoms with Gasteiger partial charge >= 0.3 is 30.6 Å². The van der Waals surface area contributed by atoms with Crippen molar-refractivity contribution in [2.45, 2.75) is 50.8 Å². The lowest BCUT2D eigenvalue weighted by atomic mass is 9.80. The smallest absolute Gasteiger partial charge is 0.416 e. The third-order valence-corrected chi connectivity index (χ3v) is 6.17. The van der Waals surface area contributed by atoms with Crippen LogP contribution >= 0.6 is 0 Å². The van der Waals surface area contributed by atoms with Crippen LogP contribution in [0.1, 0.15) is 54.0 Å². The molecule has 1 amide bonds. The number of rotatable bonds is 5. The molecule has 0 radical (unpaired) electrons. The Kier molecular flexibility index (Phi) is 8.51. The second kappa shape index (κ2) is 11.0. The third kappa shape index (κ3) is 6.20. The maximum atomic E-state index is 13.7. The van der Waals surface area contributed by atoms with Gasteiger partial charge in [0, 0.05) is 5.56 Å². The van der Waals surface area contributed by atoms with Gasteiger partial charge in [-0.05, 0) is 60.9 Å². The van der Waals surface area contributed by atoms with Gasteiger partial charge in [-0.15, -0.1) is 0 Å². The van der Waals surface area contributed by atoms with Crippen molar-refractivity contribution in [3.8, 4) is 0 Å². The van der Waals surface area contributed by atoms with Gasteiger partial charge in [0.1, 0.15) is 5.92 Å². The number of benzene rings is 2. The number of ether oxygens (including phenoxy) is 2. The molecule has 1 aliphatic heterocycles. The van der Waals surface area contributed by atoms with Crippen molar-refractivity contribution in [3.05, 3.63) is 70.3 Å². The number of anilines is 1. The van der Waals surface area contributed by atoms with Gasteiger partial charge < -0.3 is 9.47 Å². The highest BCUT2D eigenvalue weighted by molar-refractivity contribution is 6.02. The van der Waals surface area contributed by atoms with E-state index in [2.05, 4.69) is 0 Å². The molecule has 0 unspecified atom stereocenters. The fraction of sp³-hybridized carbons (Fsp3) is 0.385. The second-order valence-electron chi connectivity index (χ2n) is 8.69. The molecular weight excluding hydrogens is 561 g/mol. The summed E-state index contributed by atoms with van der Waals surface area (Å²) in [6, 6.07) is 1.63. The lowest BCUT2D eigenvalue weighted by molar-refractivity contribution is -0.144. The fourth-order valence-corrected chi connectivity index (χ4v) is 4.39. The zero-order valence-corrected chi connectivity index (χ0v) is 21.1. The molecule has 0 spiro atoms. The molecule has 3 rings (SSSR count). The molecule has 40 heavy (non-hydrogen) atoms. The van der Waals surface area contributed by atoms with Crippen LogP contribution in [0.3, 0.4) is 0 Å². The van der Waals surface area contributed by atoms with Crippen LogP contribution in [0.4, 0.5) is 50.0 Å². The summed E-state index contributed by atoms with van der Waals surface area (Å²) in [5, 5.41) is 0. The van der Waals surface area contributed by atoms with Crippen LogP contribution in [0.25, 0.3) is 5.57 Å². The number of esters is 1. The Morgan fingerprint density at radius 3 is 1.85 bits per heavy atom. The van der Waals surface area contributed by atoms with Gasteiger partial charge in [0.2, 0.25) is 0 Å². The van der Waals surface area contributed by atoms with Crippen molar-refractivity contribution >= 4 is 23.3 Å². The van der Waals surface area contributed by atoms with Crippen LogP contribution in [-0.2, 0) is 32.8 Å². The van der Waals surface area contributed by atoms with E-state index in [0.717, 1.165) is 24.2 Å². The molecule has 0 fully saturated rings. The summed E-state index contributed by atoms with van der Waals surface area (Å²) < 4.78 is 132.